The van der Waals surface area contributed by atoms with Crippen LogP contribution in [0.3, 0.4) is 0 Å². The van der Waals surface area contributed by atoms with Crippen LogP contribution in [-0.2, 0) is 0 Å². The number of rotatable bonds is 4. The van der Waals surface area contributed by atoms with Crippen molar-refractivity contribution in [2.45, 2.75) is 83.6 Å². The Morgan fingerprint density at radius 2 is 2.07 bits per heavy atom. The quantitative estimate of drug-likeness (QED) is 0.690. The van der Waals surface area contributed by atoms with Crippen molar-refractivity contribution >= 4 is 0 Å². The first-order valence-electron chi connectivity index (χ1n) is 12.1. The van der Waals surface area contributed by atoms with Crippen LogP contribution in [0.1, 0.15) is 65.2 Å². The third kappa shape index (κ3) is 4.33. The maximum absolute atomic E-state index is 13.6. The highest BCUT2D eigenvalue weighted by Gasteiger charge is 2.50. The number of halogens is 1. The van der Waals surface area contributed by atoms with E-state index in [-0.39, 0.29) is 0 Å². The van der Waals surface area contributed by atoms with Crippen LogP contribution in [0.5, 0.6) is 0 Å². The lowest BCUT2D eigenvalue weighted by atomic mass is 9.61. The zero-order valence-corrected chi connectivity index (χ0v) is 18.8. The van der Waals surface area contributed by atoms with Crippen LogP contribution in [0.15, 0.2) is 35.5 Å². The number of likely N-dealkylation sites (tertiary alicyclic amines) is 1. The molecule has 0 bridgehead atoms. The molecule has 0 aromatic rings. The standard InChI is InChI=1S/C26H40FNO2/c1-17(15-28-12-10-21(27)16-28)23-8-9-24-19(5-4-11-26(23,24)3)6-7-20-13-22(29)14-25(30)18(20)2/h6-7,17,21-25,29-30H,2,4-5,8-16H2,1,3H3/b19-6+,20-7-/t17?,21-,22-,23-,24+,25+,26-/m1/s1. The van der Waals surface area contributed by atoms with E-state index in [1.165, 1.54) is 25.7 Å². The van der Waals surface area contributed by atoms with E-state index in [1.54, 1.807) is 5.57 Å². The van der Waals surface area contributed by atoms with Crippen molar-refractivity contribution < 1.29 is 14.6 Å². The zero-order valence-electron chi connectivity index (χ0n) is 18.8. The minimum absolute atomic E-state index is 0.333. The van der Waals surface area contributed by atoms with Crippen LogP contribution in [0.4, 0.5) is 4.39 Å². The predicted molar refractivity (Wildman–Crippen MR) is 120 cm³/mol. The molecule has 4 rings (SSSR count). The molecule has 3 aliphatic carbocycles. The summed E-state index contributed by atoms with van der Waals surface area (Å²) in [7, 11) is 0. The molecule has 0 aromatic heterocycles. The van der Waals surface area contributed by atoms with Crippen LogP contribution in [0.25, 0.3) is 0 Å². The monoisotopic (exact) mass is 417 g/mol. The summed E-state index contributed by atoms with van der Waals surface area (Å²) < 4.78 is 13.6. The van der Waals surface area contributed by atoms with Crippen molar-refractivity contribution in [3.8, 4) is 0 Å². The first-order valence-corrected chi connectivity index (χ1v) is 12.1. The molecule has 3 saturated carbocycles. The van der Waals surface area contributed by atoms with Gasteiger partial charge in [-0.25, -0.2) is 4.39 Å². The summed E-state index contributed by atoms with van der Waals surface area (Å²) in [5.41, 5.74) is 3.64. The molecule has 2 N–H and O–H groups in total. The highest BCUT2D eigenvalue weighted by Crippen LogP contribution is 2.59. The molecule has 0 spiro atoms. The van der Waals surface area contributed by atoms with E-state index >= 15 is 0 Å². The van der Waals surface area contributed by atoms with Crippen molar-refractivity contribution in [1.29, 1.82) is 0 Å². The topological polar surface area (TPSA) is 43.7 Å². The zero-order chi connectivity index (χ0) is 21.5. The molecule has 4 aliphatic rings. The molecule has 3 nitrogen and oxygen atoms in total. The molecule has 1 aliphatic heterocycles. The summed E-state index contributed by atoms with van der Waals surface area (Å²) in [6.07, 6.45) is 10.6. The summed E-state index contributed by atoms with van der Waals surface area (Å²) >= 11 is 0. The van der Waals surface area contributed by atoms with Crippen LogP contribution in [0, 0.1) is 23.2 Å². The highest BCUT2D eigenvalue weighted by molar-refractivity contribution is 5.38. The molecule has 4 heteroatoms. The van der Waals surface area contributed by atoms with Gasteiger partial charge in [-0.3, -0.25) is 0 Å². The fraction of sp³-hybridized carbons (Fsp3) is 0.769. The number of hydrogen-bond donors (Lipinski definition) is 2. The maximum atomic E-state index is 13.6. The van der Waals surface area contributed by atoms with E-state index in [9.17, 15) is 14.6 Å². The largest absolute Gasteiger partial charge is 0.393 e. The van der Waals surface area contributed by atoms with Crippen LogP contribution in [-0.4, -0.2) is 53.1 Å². The number of aliphatic hydroxyl groups excluding tert-OH is 2. The molecular weight excluding hydrogens is 377 g/mol. The summed E-state index contributed by atoms with van der Waals surface area (Å²) in [5, 5.41) is 20.2. The van der Waals surface area contributed by atoms with Crippen LogP contribution >= 0.6 is 0 Å². The fourth-order valence-corrected chi connectivity index (χ4v) is 7.16. The van der Waals surface area contributed by atoms with Gasteiger partial charge in [-0.15, -0.1) is 0 Å². The maximum Gasteiger partial charge on any atom is 0.114 e. The van der Waals surface area contributed by atoms with E-state index in [0.29, 0.717) is 49.0 Å². The van der Waals surface area contributed by atoms with Gasteiger partial charge in [-0.2, -0.15) is 0 Å². The number of alkyl halides is 1. The van der Waals surface area contributed by atoms with Gasteiger partial charge in [-0.1, -0.05) is 38.2 Å². The first-order chi connectivity index (χ1) is 14.3. The third-order valence-corrected chi connectivity index (χ3v) is 8.75. The Balaban J connectivity index is 1.47. The number of hydrogen-bond acceptors (Lipinski definition) is 3. The van der Waals surface area contributed by atoms with E-state index in [2.05, 4.69) is 37.5 Å². The molecule has 4 fully saturated rings. The second kappa shape index (κ2) is 8.88. The molecule has 30 heavy (non-hydrogen) atoms. The first kappa shape index (κ1) is 22.2. The van der Waals surface area contributed by atoms with Gasteiger partial charge in [-0.05, 0) is 79.3 Å². The van der Waals surface area contributed by atoms with Gasteiger partial charge in [0, 0.05) is 26.1 Å². The van der Waals surface area contributed by atoms with E-state index in [0.717, 1.165) is 30.7 Å². The Labute approximate surface area is 181 Å². The van der Waals surface area contributed by atoms with Crippen molar-refractivity contribution in [2.24, 2.45) is 23.2 Å². The second-order valence-electron chi connectivity index (χ2n) is 10.8. The number of allylic oxidation sites excluding steroid dienone is 3. The van der Waals surface area contributed by atoms with Crippen molar-refractivity contribution in [2.75, 3.05) is 19.6 Å². The third-order valence-electron chi connectivity index (χ3n) is 8.75. The van der Waals surface area contributed by atoms with Crippen molar-refractivity contribution in [1.82, 2.24) is 4.90 Å². The average molecular weight is 418 g/mol. The molecule has 1 heterocycles. The van der Waals surface area contributed by atoms with Crippen molar-refractivity contribution in [3.63, 3.8) is 0 Å². The normalized spacial score (nSPS) is 44.0. The Kier molecular flexibility index (Phi) is 6.58. The molecular formula is C26H40FNO2. The minimum atomic E-state index is -0.632. The summed E-state index contributed by atoms with van der Waals surface area (Å²) in [4.78, 5) is 2.33. The summed E-state index contributed by atoms with van der Waals surface area (Å²) in [6, 6.07) is 0. The van der Waals surface area contributed by atoms with E-state index in [1.807, 2.05) is 0 Å². The fourth-order valence-electron chi connectivity index (χ4n) is 7.16. The van der Waals surface area contributed by atoms with Crippen molar-refractivity contribution in [3.05, 3.63) is 35.5 Å². The molecule has 0 aromatic carbocycles. The van der Waals surface area contributed by atoms with Gasteiger partial charge in [0.1, 0.15) is 6.17 Å². The Morgan fingerprint density at radius 3 is 2.80 bits per heavy atom. The molecule has 168 valence electrons. The lowest BCUT2D eigenvalue weighted by Crippen LogP contribution is -2.39. The van der Waals surface area contributed by atoms with Gasteiger partial charge in [0.15, 0.2) is 0 Å². The van der Waals surface area contributed by atoms with E-state index < -0.39 is 18.4 Å². The highest BCUT2D eigenvalue weighted by atomic mass is 19.1. The lowest BCUT2D eigenvalue weighted by molar-refractivity contribution is 0.0811. The predicted octanol–water partition coefficient (Wildman–Crippen LogP) is 4.81. The molecule has 7 atom stereocenters. The minimum Gasteiger partial charge on any atom is -0.393 e. The molecule has 1 unspecified atom stereocenters. The van der Waals surface area contributed by atoms with Gasteiger partial charge < -0.3 is 15.1 Å². The number of aliphatic hydroxyl groups is 2. The smallest absolute Gasteiger partial charge is 0.114 e. The van der Waals surface area contributed by atoms with Gasteiger partial charge >= 0.3 is 0 Å². The molecule has 0 amide bonds. The lowest BCUT2D eigenvalue weighted by Gasteiger charge is -2.45. The van der Waals surface area contributed by atoms with Crippen LogP contribution in [0.2, 0.25) is 0 Å². The van der Waals surface area contributed by atoms with Gasteiger partial charge in [0.05, 0.1) is 12.2 Å². The van der Waals surface area contributed by atoms with Crippen LogP contribution < -0.4 is 0 Å². The SMILES string of the molecule is C=C1/C(=C\C=C2/CCC[C@]3(C)[C@@H](C(C)CN4CC[C@@H](F)C4)CC[C@@H]23)C[C@@H](O)C[C@@H]1O. The summed E-state index contributed by atoms with van der Waals surface area (Å²) in [6.45, 7) is 11.5. The van der Waals surface area contributed by atoms with Gasteiger partial charge in [0.25, 0.3) is 0 Å². The molecule has 1 saturated heterocycles. The average Bonchev–Trinajstić information content (AvgIpc) is 3.25. The van der Waals surface area contributed by atoms with E-state index in [4.69, 9.17) is 0 Å². The molecule has 0 radical (unpaired) electrons. The summed E-state index contributed by atoms with van der Waals surface area (Å²) in [5.74, 6) is 1.92. The Morgan fingerprint density at radius 1 is 1.27 bits per heavy atom. The Hall–Kier alpha value is -0.970. The number of fused-ring (bicyclic) bond motifs is 1. The second-order valence-corrected chi connectivity index (χ2v) is 10.8. The Bertz CT molecular complexity index is 716. The van der Waals surface area contributed by atoms with Gasteiger partial charge in [0.2, 0.25) is 0 Å². The number of nitrogens with zero attached hydrogens (tertiary/aromatic N) is 1.